The number of ether oxygens (including phenoxy) is 2. The summed E-state index contributed by atoms with van der Waals surface area (Å²) in [6.45, 7) is 7.17. The lowest BCUT2D eigenvalue weighted by atomic mass is 9.91. The summed E-state index contributed by atoms with van der Waals surface area (Å²) in [4.78, 5) is 31.6. The topological polar surface area (TPSA) is 88.4 Å². The molecule has 0 radical (unpaired) electrons. The maximum atomic E-state index is 13.3. The normalized spacial score (nSPS) is 25.8. The van der Waals surface area contributed by atoms with Crippen LogP contribution in [-0.2, 0) is 19.1 Å². The number of carbonyl (C=O) groups is 2. The zero-order valence-electron chi connectivity index (χ0n) is 16.1. The van der Waals surface area contributed by atoms with E-state index in [4.69, 9.17) is 9.47 Å². The molecule has 2 aliphatic heterocycles. The van der Waals surface area contributed by atoms with Gasteiger partial charge in [-0.2, -0.15) is 0 Å². The first-order chi connectivity index (χ1) is 12.6. The highest BCUT2D eigenvalue weighted by Gasteiger charge is 2.66. The van der Waals surface area contributed by atoms with Crippen LogP contribution in [0.25, 0.3) is 0 Å². The second-order valence-corrected chi connectivity index (χ2v) is 7.81. The van der Waals surface area contributed by atoms with E-state index in [0.29, 0.717) is 11.4 Å². The molecule has 7 heteroatoms. The van der Waals surface area contributed by atoms with Gasteiger partial charge in [0.15, 0.2) is 0 Å². The third kappa shape index (κ3) is 2.82. The monoisotopic (exact) mass is 372 g/mol. The van der Waals surface area contributed by atoms with Crippen LogP contribution < -0.4 is 0 Å². The van der Waals surface area contributed by atoms with Gasteiger partial charge in [-0.05, 0) is 19.1 Å². The lowest BCUT2D eigenvalue weighted by Gasteiger charge is -2.36. The van der Waals surface area contributed by atoms with Crippen LogP contribution >= 0.6 is 0 Å². The molecule has 1 amide bonds. The Morgan fingerprint density at radius 2 is 1.96 bits per heavy atom. The smallest absolute Gasteiger partial charge is 0.342 e. The van der Waals surface area contributed by atoms with Gasteiger partial charge in [0.1, 0.15) is 17.6 Å². The molecule has 2 atom stereocenters. The predicted molar refractivity (Wildman–Crippen MR) is 99.7 cm³/mol. The summed E-state index contributed by atoms with van der Waals surface area (Å²) in [5.41, 5.74) is -1.15. The molecule has 2 aliphatic rings. The highest BCUT2D eigenvalue weighted by atomic mass is 16.6. The minimum absolute atomic E-state index is 0.0156. The number of para-hydroxylation sites is 1. The average molecular weight is 372 g/mol. The molecule has 0 spiro atoms. The minimum atomic E-state index is -1.67. The second-order valence-electron chi connectivity index (χ2n) is 7.81. The SMILES string of the molecule is COC(=O)[C@@]12CO[C@@H](C(C)(C)C)N1C(=O)C(C(C)=Nc1ccccc1)=C2O. The summed E-state index contributed by atoms with van der Waals surface area (Å²) in [5, 5.41) is 11.0. The van der Waals surface area contributed by atoms with Crippen molar-refractivity contribution in [2.45, 2.75) is 39.5 Å². The standard InChI is InChI=1S/C20H24N2O5/c1-12(21-13-9-7-6-8-10-13)14-15(23)20(18(25)26-5)11-27-17(19(2,3)4)22(20)16(14)24/h6-10,17,23H,11H2,1-5H3/t17-,20-/m0/s1. The molecule has 1 N–H and O–H groups in total. The van der Waals surface area contributed by atoms with Crippen LogP contribution in [-0.4, -0.2) is 53.1 Å². The van der Waals surface area contributed by atoms with Crippen molar-refractivity contribution < 1.29 is 24.2 Å². The number of methoxy groups -OCH3 is 1. The highest BCUT2D eigenvalue weighted by Crippen LogP contribution is 2.46. The molecule has 1 aromatic carbocycles. The lowest BCUT2D eigenvalue weighted by Crippen LogP contribution is -2.56. The zero-order chi connectivity index (χ0) is 20.0. The number of hydrogen-bond donors (Lipinski definition) is 1. The van der Waals surface area contributed by atoms with E-state index in [1.807, 2.05) is 39.0 Å². The Morgan fingerprint density at radius 1 is 1.33 bits per heavy atom. The first kappa shape index (κ1) is 19.1. The Hall–Kier alpha value is -2.67. The van der Waals surface area contributed by atoms with Gasteiger partial charge in [0, 0.05) is 5.41 Å². The van der Waals surface area contributed by atoms with E-state index < -0.39 is 29.1 Å². The van der Waals surface area contributed by atoms with Crippen molar-refractivity contribution in [3.63, 3.8) is 0 Å². The summed E-state index contributed by atoms with van der Waals surface area (Å²) in [6.07, 6.45) is -0.687. The fraction of sp³-hybridized carbons (Fsp3) is 0.450. The van der Waals surface area contributed by atoms with Crippen molar-refractivity contribution in [2.24, 2.45) is 10.4 Å². The molecule has 1 aromatic rings. The number of nitrogens with zero attached hydrogens (tertiary/aromatic N) is 2. The highest BCUT2D eigenvalue weighted by molar-refractivity contribution is 6.25. The van der Waals surface area contributed by atoms with E-state index in [9.17, 15) is 14.7 Å². The molecule has 2 heterocycles. The fourth-order valence-electron chi connectivity index (χ4n) is 3.57. The quantitative estimate of drug-likeness (QED) is 0.651. The Morgan fingerprint density at radius 3 is 2.52 bits per heavy atom. The van der Waals surface area contributed by atoms with E-state index in [2.05, 4.69) is 4.99 Å². The van der Waals surface area contributed by atoms with E-state index in [0.717, 1.165) is 0 Å². The number of fused-ring (bicyclic) bond motifs is 1. The van der Waals surface area contributed by atoms with Gasteiger partial charge in [0.25, 0.3) is 5.91 Å². The van der Waals surface area contributed by atoms with Crippen molar-refractivity contribution in [3.05, 3.63) is 41.7 Å². The maximum absolute atomic E-state index is 13.3. The van der Waals surface area contributed by atoms with Gasteiger partial charge in [-0.15, -0.1) is 0 Å². The second kappa shape index (κ2) is 6.49. The molecule has 1 fully saturated rings. The van der Waals surface area contributed by atoms with E-state index >= 15 is 0 Å². The van der Waals surface area contributed by atoms with Crippen LogP contribution in [0.1, 0.15) is 27.7 Å². The van der Waals surface area contributed by atoms with Crippen molar-refractivity contribution in [1.29, 1.82) is 0 Å². The number of amides is 1. The molecule has 0 aromatic heterocycles. The van der Waals surface area contributed by atoms with Gasteiger partial charge in [-0.25, -0.2) is 4.79 Å². The number of hydrogen-bond acceptors (Lipinski definition) is 6. The maximum Gasteiger partial charge on any atom is 0.342 e. The number of carbonyl (C=O) groups excluding carboxylic acids is 2. The Bertz CT molecular complexity index is 838. The molecule has 0 aliphatic carbocycles. The summed E-state index contributed by atoms with van der Waals surface area (Å²) in [5.74, 6) is -1.60. The zero-order valence-corrected chi connectivity index (χ0v) is 16.1. The lowest BCUT2D eigenvalue weighted by molar-refractivity contribution is -0.158. The first-order valence-corrected chi connectivity index (χ1v) is 8.72. The van der Waals surface area contributed by atoms with Gasteiger partial charge in [-0.3, -0.25) is 14.7 Å². The average Bonchev–Trinajstić information content (AvgIpc) is 3.11. The summed E-state index contributed by atoms with van der Waals surface area (Å²) in [6, 6.07) is 9.10. The van der Waals surface area contributed by atoms with Crippen LogP contribution in [0.5, 0.6) is 0 Å². The van der Waals surface area contributed by atoms with Crippen LogP contribution in [0, 0.1) is 5.41 Å². The van der Waals surface area contributed by atoms with Gasteiger partial charge < -0.3 is 14.6 Å². The van der Waals surface area contributed by atoms with Crippen molar-refractivity contribution in [1.82, 2.24) is 4.90 Å². The number of benzene rings is 1. The molecular weight excluding hydrogens is 348 g/mol. The number of aliphatic imine (C=N–C) groups is 1. The number of aliphatic hydroxyl groups is 1. The van der Waals surface area contributed by atoms with Crippen molar-refractivity contribution in [2.75, 3.05) is 13.7 Å². The van der Waals surface area contributed by atoms with E-state index in [1.54, 1.807) is 19.1 Å². The summed E-state index contributed by atoms with van der Waals surface area (Å²) < 4.78 is 10.7. The third-order valence-electron chi connectivity index (χ3n) is 4.84. The third-order valence-corrected chi connectivity index (χ3v) is 4.84. The largest absolute Gasteiger partial charge is 0.508 e. The first-order valence-electron chi connectivity index (χ1n) is 8.72. The van der Waals surface area contributed by atoms with Gasteiger partial charge >= 0.3 is 5.97 Å². The molecular formula is C20H24N2O5. The molecule has 0 saturated carbocycles. The Kier molecular flexibility index (Phi) is 4.59. The van der Waals surface area contributed by atoms with Crippen LogP contribution in [0.15, 0.2) is 46.7 Å². The van der Waals surface area contributed by atoms with Gasteiger partial charge in [0.2, 0.25) is 5.54 Å². The molecule has 7 nitrogen and oxygen atoms in total. The molecule has 0 bridgehead atoms. The predicted octanol–water partition coefficient (Wildman–Crippen LogP) is 2.75. The minimum Gasteiger partial charge on any atom is -0.508 e. The number of esters is 1. The van der Waals surface area contributed by atoms with Crippen LogP contribution in [0.2, 0.25) is 0 Å². The van der Waals surface area contributed by atoms with Crippen molar-refractivity contribution >= 4 is 23.3 Å². The Balaban J connectivity index is 2.13. The van der Waals surface area contributed by atoms with Crippen LogP contribution in [0.3, 0.4) is 0 Å². The summed E-state index contributed by atoms with van der Waals surface area (Å²) >= 11 is 0. The number of aliphatic hydroxyl groups excluding tert-OH is 1. The van der Waals surface area contributed by atoms with Crippen LogP contribution in [0.4, 0.5) is 5.69 Å². The Labute approximate surface area is 158 Å². The fourth-order valence-corrected chi connectivity index (χ4v) is 3.57. The number of rotatable bonds is 3. The van der Waals surface area contributed by atoms with E-state index in [-0.39, 0.29) is 17.9 Å². The molecule has 144 valence electrons. The molecule has 0 unspecified atom stereocenters. The van der Waals surface area contributed by atoms with E-state index in [1.165, 1.54) is 12.0 Å². The molecule has 1 saturated heterocycles. The van der Waals surface area contributed by atoms with Gasteiger partial charge in [-0.1, -0.05) is 39.0 Å². The van der Waals surface area contributed by atoms with Crippen molar-refractivity contribution in [3.8, 4) is 0 Å². The molecule has 27 heavy (non-hydrogen) atoms. The van der Waals surface area contributed by atoms with Gasteiger partial charge in [0.05, 0.1) is 25.1 Å². The molecule has 3 rings (SSSR count). The summed E-state index contributed by atoms with van der Waals surface area (Å²) in [7, 11) is 1.22.